The van der Waals surface area contributed by atoms with E-state index in [1.807, 2.05) is 24.0 Å². The third-order valence-corrected chi connectivity index (χ3v) is 7.23. The predicted octanol–water partition coefficient (Wildman–Crippen LogP) is 1.40. The smallest absolute Gasteiger partial charge is 0.347 e. The molecular weight excluding hydrogens is 538 g/mol. The Hall–Kier alpha value is -3.68. The zero-order valence-electron chi connectivity index (χ0n) is 22.6. The normalized spacial score (nSPS) is 13.7. The van der Waals surface area contributed by atoms with E-state index < -0.39 is 11.5 Å². The molecule has 1 aliphatic heterocycles. The average Bonchev–Trinajstić information content (AvgIpc) is 2.97. The number of nitrogens with two attached hydrogens (primary N) is 2. The molecule has 0 radical (unpaired) electrons. The number of hydrogen-bond acceptors (Lipinski definition) is 10. The molecule has 1 aliphatic rings. The highest BCUT2D eigenvalue weighted by Crippen LogP contribution is 2.33. The third-order valence-electron chi connectivity index (χ3n) is 7.00. The first-order chi connectivity index (χ1) is 19.3. The lowest BCUT2D eigenvalue weighted by Gasteiger charge is -2.37. The molecule has 2 heterocycles. The Morgan fingerprint density at radius 2 is 1.80 bits per heavy atom. The number of aryl methyl sites for hydroxylation is 1. The number of benzene rings is 2. The average molecular weight is 572 g/mol. The summed E-state index contributed by atoms with van der Waals surface area (Å²) in [7, 11) is 3.72. The Morgan fingerprint density at radius 3 is 2.42 bits per heavy atom. The zero-order chi connectivity index (χ0) is 28.8. The van der Waals surface area contributed by atoms with Gasteiger partial charge in [-0.2, -0.15) is 5.90 Å². The van der Waals surface area contributed by atoms with Crippen LogP contribution in [0.2, 0.25) is 5.02 Å². The number of rotatable bonds is 10. The van der Waals surface area contributed by atoms with Gasteiger partial charge in [0.1, 0.15) is 18.0 Å². The van der Waals surface area contributed by atoms with Gasteiger partial charge in [0.15, 0.2) is 0 Å². The summed E-state index contributed by atoms with van der Waals surface area (Å²) in [5.74, 6) is 4.69. The van der Waals surface area contributed by atoms with Crippen molar-refractivity contribution in [3.05, 3.63) is 69.0 Å². The molecule has 1 fully saturated rings. The summed E-state index contributed by atoms with van der Waals surface area (Å²) in [6.45, 7) is 2.21. The number of esters is 1. The van der Waals surface area contributed by atoms with Crippen molar-refractivity contribution in [1.29, 1.82) is 0 Å². The largest absolute Gasteiger partial charge is 0.446 e. The van der Waals surface area contributed by atoms with E-state index in [0.717, 1.165) is 0 Å². The SMILES string of the molecule is CNN(C)CCCn1c(=O)c(C(=O)OCN)c(N2CCN(C(=O)c3ccc(ON)cc3)CC2)c2cc(Cl)ccc21. The fourth-order valence-electron chi connectivity index (χ4n) is 4.87. The van der Waals surface area contributed by atoms with Crippen molar-refractivity contribution in [3.8, 4) is 5.75 Å². The Bertz CT molecular complexity index is 1420. The number of amides is 1. The summed E-state index contributed by atoms with van der Waals surface area (Å²) in [6.07, 6.45) is 0.652. The third kappa shape index (κ3) is 6.21. The lowest BCUT2D eigenvalue weighted by atomic mass is 10.1. The van der Waals surface area contributed by atoms with Crippen LogP contribution in [0, 0.1) is 0 Å². The molecule has 1 aromatic heterocycles. The number of aromatic nitrogens is 1. The first-order valence-electron chi connectivity index (χ1n) is 12.9. The molecule has 2 aromatic carbocycles. The molecule has 0 bridgehead atoms. The fraction of sp³-hybridized carbons (Fsp3) is 0.370. The van der Waals surface area contributed by atoms with Gasteiger partial charge in [-0.1, -0.05) is 11.6 Å². The molecule has 0 spiro atoms. The number of pyridine rings is 1. The molecule has 0 unspecified atom stereocenters. The van der Waals surface area contributed by atoms with Crippen molar-refractivity contribution in [2.24, 2.45) is 11.6 Å². The van der Waals surface area contributed by atoms with Crippen molar-refractivity contribution in [1.82, 2.24) is 19.9 Å². The standard InChI is InChI=1S/C27H34ClN7O5/c1-31-32(2)10-3-11-35-22-9-6-19(28)16-21(22)24(23(26(35)37)27(38)39-17-29)33-12-14-34(15-13-33)25(36)18-4-7-20(40-30)8-5-18/h4-9,16,31H,3,10-15,17,29-30H2,1-2H3. The number of carbonyl (C=O) groups excluding carboxylic acids is 2. The first-order valence-corrected chi connectivity index (χ1v) is 13.3. The molecule has 214 valence electrons. The minimum absolute atomic E-state index is 0.0978. The van der Waals surface area contributed by atoms with Crippen molar-refractivity contribution in [2.45, 2.75) is 13.0 Å². The van der Waals surface area contributed by atoms with Gasteiger partial charge < -0.3 is 23.9 Å². The summed E-state index contributed by atoms with van der Waals surface area (Å²) >= 11 is 6.41. The highest BCUT2D eigenvalue weighted by Gasteiger charge is 2.30. The molecule has 3 aromatic rings. The van der Waals surface area contributed by atoms with Crippen LogP contribution in [0.5, 0.6) is 5.75 Å². The summed E-state index contributed by atoms with van der Waals surface area (Å²) in [5, 5.41) is 3.02. The summed E-state index contributed by atoms with van der Waals surface area (Å²) in [6, 6.07) is 11.8. The van der Waals surface area contributed by atoms with Gasteiger partial charge in [0.05, 0.1) is 11.2 Å². The number of halogens is 1. The molecule has 5 N–H and O–H groups in total. The Balaban J connectivity index is 1.70. The van der Waals surface area contributed by atoms with E-state index in [-0.39, 0.29) is 18.2 Å². The van der Waals surface area contributed by atoms with Gasteiger partial charge in [-0.15, -0.1) is 0 Å². The van der Waals surface area contributed by atoms with E-state index in [9.17, 15) is 14.4 Å². The number of nitrogens with zero attached hydrogens (tertiary/aromatic N) is 4. The maximum atomic E-state index is 13.9. The van der Waals surface area contributed by atoms with Crippen LogP contribution in [0.1, 0.15) is 27.1 Å². The van der Waals surface area contributed by atoms with E-state index in [4.69, 9.17) is 28.0 Å². The minimum Gasteiger partial charge on any atom is -0.446 e. The van der Waals surface area contributed by atoms with E-state index in [2.05, 4.69) is 10.3 Å². The van der Waals surface area contributed by atoms with Crippen LogP contribution in [0.3, 0.4) is 0 Å². The highest BCUT2D eigenvalue weighted by atomic mass is 35.5. The van der Waals surface area contributed by atoms with Crippen molar-refractivity contribution in [3.63, 3.8) is 0 Å². The highest BCUT2D eigenvalue weighted by molar-refractivity contribution is 6.31. The lowest BCUT2D eigenvalue weighted by molar-refractivity contribution is 0.0512. The molecule has 0 atom stereocenters. The lowest BCUT2D eigenvalue weighted by Crippen LogP contribution is -2.49. The van der Waals surface area contributed by atoms with Crippen molar-refractivity contribution < 1.29 is 19.2 Å². The topological polar surface area (TPSA) is 148 Å². The predicted molar refractivity (Wildman–Crippen MR) is 153 cm³/mol. The molecule has 12 nitrogen and oxygen atoms in total. The second-order valence-electron chi connectivity index (χ2n) is 9.36. The molecule has 13 heteroatoms. The summed E-state index contributed by atoms with van der Waals surface area (Å²) < 4.78 is 6.72. The number of piperazine rings is 1. The van der Waals surface area contributed by atoms with Gasteiger partial charge in [-0.25, -0.2) is 9.80 Å². The Morgan fingerprint density at radius 1 is 1.10 bits per heavy atom. The van der Waals surface area contributed by atoms with E-state index in [1.54, 1.807) is 51.9 Å². The molecule has 4 rings (SSSR count). The maximum Gasteiger partial charge on any atom is 0.347 e. The number of ether oxygens (including phenoxy) is 1. The zero-order valence-corrected chi connectivity index (χ0v) is 23.3. The second kappa shape index (κ2) is 13.1. The van der Waals surface area contributed by atoms with Crippen molar-refractivity contribution >= 4 is 40.1 Å². The molecule has 1 amide bonds. The van der Waals surface area contributed by atoms with Crippen LogP contribution in [-0.4, -0.2) is 79.9 Å². The molecule has 0 aliphatic carbocycles. The van der Waals surface area contributed by atoms with Gasteiger partial charge in [0, 0.05) is 62.3 Å². The van der Waals surface area contributed by atoms with E-state index in [0.29, 0.717) is 78.6 Å². The monoisotopic (exact) mass is 571 g/mol. The maximum absolute atomic E-state index is 13.9. The minimum atomic E-state index is -0.800. The molecular formula is C27H34ClN7O5. The van der Waals surface area contributed by atoms with Gasteiger partial charge in [0.25, 0.3) is 11.5 Å². The second-order valence-corrected chi connectivity index (χ2v) is 9.80. The Kier molecular flexibility index (Phi) is 9.61. The van der Waals surface area contributed by atoms with Crippen LogP contribution in [0.25, 0.3) is 10.9 Å². The van der Waals surface area contributed by atoms with Gasteiger partial charge in [-0.3, -0.25) is 20.7 Å². The number of hydrazine groups is 1. The number of carbonyl (C=O) groups is 2. The van der Waals surface area contributed by atoms with Crippen LogP contribution in [-0.2, 0) is 11.3 Å². The van der Waals surface area contributed by atoms with Gasteiger partial charge in [0.2, 0.25) is 0 Å². The van der Waals surface area contributed by atoms with Gasteiger partial charge in [-0.05, 0) is 55.9 Å². The van der Waals surface area contributed by atoms with Gasteiger partial charge >= 0.3 is 5.97 Å². The molecule has 0 saturated carbocycles. The summed E-state index contributed by atoms with van der Waals surface area (Å²) in [4.78, 5) is 48.5. The van der Waals surface area contributed by atoms with Crippen LogP contribution in [0.4, 0.5) is 5.69 Å². The van der Waals surface area contributed by atoms with E-state index in [1.165, 1.54) is 0 Å². The quantitative estimate of drug-likeness (QED) is 0.185. The van der Waals surface area contributed by atoms with Crippen LogP contribution in [0.15, 0.2) is 47.3 Å². The number of anilines is 1. The molecule has 1 saturated heterocycles. The summed E-state index contributed by atoms with van der Waals surface area (Å²) in [5.41, 5.74) is 9.58. The number of nitrogens with one attached hydrogen (secondary N) is 1. The first kappa shape index (κ1) is 29.3. The molecule has 40 heavy (non-hydrogen) atoms. The van der Waals surface area contributed by atoms with Crippen molar-refractivity contribution in [2.75, 3.05) is 58.4 Å². The Labute approximate surface area is 236 Å². The number of hydrogen-bond donors (Lipinski definition) is 3. The fourth-order valence-corrected chi connectivity index (χ4v) is 5.04. The number of fused-ring (bicyclic) bond motifs is 1. The van der Waals surface area contributed by atoms with Crippen LogP contribution < -0.4 is 32.4 Å². The van der Waals surface area contributed by atoms with Crippen LogP contribution >= 0.6 is 11.6 Å². The van der Waals surface area contributed by atoms with E-state index >= 15 is 0 Å².